The molecule has 4 N–H and O–H groups in total. The highest BCUT2D eigenvalue weighted by Gasteiger charge is 2.60. The van der Waals surface area contributed by atoms with E-state index in [2.05, 4.69) is 10.3 Å². The number of para-hydroxylation sites is 1. The van der Waals surface area contributed by atoms with Crippen LogP contribution in [0.5, 0.6) is 0 Å². The second-order valence-electron chi connectivity index (χ2n) is 6.11. The average molecular weight is 335 g/mol. The Balaban J connectivity index is 1.72. The molecule has 3 rings (SSSR count). The molecule has 0 heterocycles. The van der Waals surface area contributed by atoms with Crippen molar-refractivity contribution in [3.8, 4) is 0 Å². The number of nitrogens with zero attached hydrogens (tertiary/aromatic N) is 1. The molecule has 2 aromatic rings. The summed E-state index contributed by atoms with van der Waals surface area (Å²) in [7, 11) is 0. The normalized spacial score (nSPS) is 22.8. The first-order chi connectivity index (χ1) is 12.2. The molecule has 2 aromatic carbocycles. The lowest BCUT2D eigenvalue weighted by atomic mass is 9.92. The van der Waals surface area contributed by atoms with Gasteiger partial charge in [-0.2, -0.15) is 4.99 Å². The van der Waals surface area contributed by atoms with Gasteiger partial charge < -0.3 is 16.2 Å². The van der Waals surface area contributed by atoms with Crippen molar-refractivity contribution in [2.75, 3.05) is 11.9 Å². The molecule has 0 bridgehead atoms. The molecule has 1 amide bonds. The predicted molar refractivity (Wildman–Crippen MR) is 99.1 cm³/mol. The minimum Gasteiger partial charge on any atom is -0.396 e. The predicted octanol–water partition coefficient (Wildman–Crippen LogP) is 2.45. The molecule has 5 nitrogen and oxygen atoms in total. The third kappa shape index (κ3) is 3.61. The topological polar surface area (TPSA) is 87.7 Å². The second-order valence-corrected chi connectivity index (χ2v) is 6.11. The Kier molecular flexibility index (Phi) is 4.95. The molecule has 128 valence electrons. The number of hydrogen-bond donors (Lipinski definition) is 3. The van der Waals surface area contributed by atoms with E-state index < -0.39 is 5.41 Å². The quantitative estimate of drug-likeness (QED) is 0.559. The first kappa shape index (κ1) is 16.9. The van der Waals surface area contributed by atoms with E-state index in [-0.39, 0.29) is 24.3 Å². The summed E-state index contributed by atoms with van der Waals surface area (Å²) in [5, 5.41) is 12.6. The van der Waals surface area contributed by atoms with Gasteiger partial charge in [0.2, 0.25) is 0 Å². The van der Waals surface area contributed by atoms with Crippen molar-refractivity contribution in [3.05, 3.63) is 78.5 Å². The van der Waals surface area contributed by atoms with Crippen LogP contribution in [0.3, 0.4) is 0 Å². The van der Waals surface area contributed by atoms with E-state index >= 15 is 0 Å². The van der Waals surface area contributed by atoms with Gasteiger partial charge in [-0.25, -0.2) is 0 Å². The van der Waals surface area contributed by atoms with Gasteiger partial charge in [0.05, 0.1) is 5.41 Å². The third-order valence-electron chi connectivity index (χ3n) is 4.50. The molecule has 0 aromatic heterocycles. The van der Waals surface area contributed by atoms with Crippen LogP contribution in [0.25, 0.3) is 0 Å². The lowest BCUT2D eigenvalue weighted by Crippen LogP contribution is -2.25. The monoisotopic (exact) mass is 335 g/mol. The Hall–Kier alpha value is -2.92. The number of aliphatic imine (C=N–C) groups is 1. The number of benzene rings is 2. The standard InChI is InChI=1S/C20H21N3O2/c21-18(11-12-22-17-9-5-2-6-10-17)23-19(25)20(13-16(20)14-24)15-7-3-1-4-8-15/h1-12,16,22,24H,13-14H2,(H2,21,23,25)/b12-11-. The van der Waals surface area contributed by atoms with Crippen molar-refractivity contribution >= 4 is 17.4 Å². The maximum atomic E-state index is 12.7. The lowest BCUT2D eigenvalue weighted by molar-refractivity contribution is -0.120. The van der Waals surface area contributed by atoms with Crippen LogP contribution in [0.1, 0.15) is 12.0 Å². The van der Waals surface area contributed by atoms with Gasteiger partial charge in [0.15, 0.2) is 0 Å². The average Bonchev–Trinajstić information content (AvgIpc) is 3.39. The first-order valence-electron chi connectivity index (χ1n) is 8.20. The summed E-state index contributed by atoms with van der Waals surface area (Å²) >= 11 is 0. The van der Waals surface area contributed by atoms with E-state index in [1.165, 1.54) is 0 Å². The molecule has 2 atom stereocenters. The molecular weight excluding hydrogens is 314 g/mol. The Morgan fingerprint density at radius 3 is 2.44 bits per heavy atom. The van der Waals surface area contributed by atoms with Crippen LogP contribution < -0.4 is 11.1 Å². The number of amides is 1. The first-order valence-corrected chi connectivity index (χ1v) is 8.20. The number of hydrogen-bond acceptors (Lipinski definition) is 3. The summed E-state index contributed by atoms with van der Waals surface area (Å²) < 4.78 is 0. The summed E-state index contributed by atoms with van der Waals surface area (Å²) in [6.45, 7) is -0.0402. The number of carbonyl (C=O) groups is 1. The highest BCUT2D eigenvalue weighted by atomic mass is 16.3. The zero-order valence-electron chi connectivity index (χ0n) is 13.8. The minimum atomic E-state index is -0.749. The van der Waals surface area contributed by atoms with E-state index in [0.29, 0.717) is 6.42 Å². The van der Waals surface area contributed by atoms with Gasteiger partial charge in [0, 0.05) is 24.4 Å². The Morgan fingerprint density at radius 1 is 1.20 bits per heavy atom. The van der Waals surface area contributed by atoms with Crippen LogP contribution in [0.4, 0.5) is 5.69 Å². The summed E-state index contributed by atoms with van der Waals surface area (Å²) in [5.74, 6) is -0.280. The van der Waals surface area contributed by atoms with Crippen LogP contribution in [-0.4, -0.2) is 23.5 Å². The molecule has 0 radical (unpaired) electrons. The summed E-state index contributed by atoms with van der Waals surface area (Å²) in [6, 6.07) is 19.1. The van der Waals surface area contributed by atoms with Crippen molar-refractivity contribution in [1.82, 2.24) is 0 Å². The Bertz CT molecular complexity index is 787. The summed E-state index contributed by atoms with van der Waals surface area (Å²) in [4.78, 5) is 16.7. The fourth-order valence-corrected chi connectivity index (χ4v) is 3.04. The van der Waals surface area contributed by atoms with E-state index in [0.717, 1.165) is 11.3 Å². The summed E-state index contributed by atoms with van der Waals surface area (Å²) in [6.07, 6.45) is 3.79. The van der Waals surface area contributed by atoms with Crippen LogP contribution in [0.15, 0.2) is 77.9 Å². The van der Waals surface area contributed by atoms with Gasteiger partial charge in [-0.15, -0.1) is 0 Å². The number of amidine groups is 1. The Labute approximate surface area is 146 Å². The number of carbonyl (C=O) groups excluding carboxylic acids is 1. The molecule has 1 saturated carbocycles. The van der Waals surface area contributed by atoms with Gasteiger partial charge in [-0.1, -0.05) is 48.5 Å². The smallest absolute Gasteiger partial charge is 0.258 e. The van der Waals surface area contributed by atoms with Crippen molar-refractivity contribution in [2.45, 2.75) is 11.8 Å². The van der Waals surface area contributed by atoms with Gasteiger partial charge in [0.25, 0.3) is 5.91 Å². The molecule has 1 aliphatic rings. The minimum absolute atomic E-state index is 0.0402. The fraction of sp³-hybridized carbons (Fsp3) is 0.200. The van der Waals surface area contributed by atoms with E-state index in [4.69, 9.17) is 5.73 Å². The maximum absolute atomic E-state index is 12.7. The highest BCUT2D eigenvalue weighted by Crippen LogP contribution is 2.54. The number of aliphatic hydroxyl groups is 1. The highest BCUT2D eigenvalue weighted by molar-refractivity contribution is 6.04. The van der Waals surface area contributed by atoms with Crippen molar-refractivity contribution in [2.24, 2.45) is 16.6 Å². The van der Waals surface area contributed by atoms with Gasteiger partial charge in [0.1, 0.15) is 5.84 Å². The second kappa shape index (κ2) is 7.32. The largest absolute Gasteiger partial charge is 0.396 e. The number of nitrogens with one attached hydrogen (secondary N) is 1. The van der Waals surface area contributed by atoms with E-state index in [1.54, 1.807) is 12.3 Å². The zero-order chi connectivity index (χ0) is 17.7. The molecule has 2 unspecified atom stereocenters. The van der Waals surface area contributed by atoms with E-state index in [9.17, 15) is 9.90 Å². The van der Waals surface area contributed by atoms with Crippen molar-refractivity contribution < 1.29 is 9.90 Å². The molecule has 5 heteroatoms. The van der Waals surface area contributed by atoms with Gasteiger partial charge >= 0.3 is 0 Å². The molecule has 1 aliphatic carbocycles. The van der Waals surface area contributed by atoms with Crippen molar-refractivity contribution in [3.63, 3.8) is 0 Å². The van der Waals surface area contributed by atoms with Crippen molar-refractivity contribution in [1.29, 1.82) is 0 Å². The van der Waals surface area contributed by atoms with Crippen LogP contribution in [0.2, 0.25) is 0 Å². The number of nitrogens with two attached hydrogens (primary N) is 1. The lowest BCUT2D eigenvalue weighted by Gasteiger charge is -2.13. The van der Waals surface area contributed by atoms with Gasteiger partial charge in [-0.05, 0) is 30.2 Å². The van der Waals surface area contributed by atoms with E-state index in [1.807, 2.05) is 60.7 Å². The Morgan fingerprint density at radius 2 is 1.84 bits per heavy atom. The van der Waals surface area contributed by atoms with Crippen LogP contribution in [0, 0.1) is 5.92 Å². The maximum Gasteiger partial charge on any atom is 0.258 e. The molecule has 0 aliphatic heterocycles. The molecule has 25 heavy (non-hydrogen) atoms. The molecule has 0 saturated heterocycles. The van der Waals surface area contributed by atoms with Crippen LogP contribution in [-0.2, 0) is 10.2 Å². The van der Waals surface area contributed by atoms with Crippen LogP contribution >= 0.6 is 0 Å². The van der Waals surface area contributed by atoms with Gasteiger partial charge in [-0.3, -0.25) is 4.79 Å². The number of rotatable bonds is 6. The molecule has 1 fully saturated rings. The molecule has 0 spiro atoms. The zero-order valence-corrected chi connectivity index (χ0v) is 13.8. The molecular formula is C20H21N3O2. The number of aliphatic hydroxyl groups excluding tert-OH is 1. The fourth-order valence-electron chi connectivity index (χ4n) is 3.04. The SMILES string of the molecule is NC(/C=C\Nc1ccccc1)=NC(=O)C1(c2ccccc2)CC1CO. The number of anilines is 1. The third-order valence-corrected chi connectivity index (χ3v) is 4.50. The summed E-state index contributed by atoms with van der Waals surface area (Å²) in [5.41, 5.74) is 6.91.